The minimum atomic E-state index is -0.852. The molecule has 10 nitrogen and oxygen atoms in total. The van der Waals surface area contributed by atoms with Crippen LogP contribution in [-0.2, 0) is 30.3 Å². The highest BCUT2D eigenvalue weighted by Crippen LogP contribution is 2.47. The van der Waals surface area contributed by atoms with Crippen LogP contribution in [0.4, 0.5) is 5.69 Å². The molecule has 2 aliphatic heterocycles. The van der Waals surface area contributed by atoms with Crippen LogP contribution in [0.2, 0.25) is 0 Å². The third-order valence-electron chi connectivity index (χ3n) is 7.56. The van der Waals surface area contributed by atoms with E-state index in [0.717, 1.165) is 5.56 Å². The predicted octanol–water partition coefficient (Wildman–Crippen LogP) is 2.77. The van der Waals surface area contributed by atoms with Crippen LogP contribution in [0.25, 0.3) is 0 Å². The Hall–Kier alpha value is -3.92. The van der Waals surface area contributed by atoms with Crippen molar-refractivity contribution < 1.29 is 33.8 Å². The maximum Gasteiger partial charge on any atom is 0.307 e. The van der Waals surface area contributed by atoms with Crippen LogP contribution in [0.5, 0.6) is 5.75 Å². The lowest BCUT2D eigenvalue weighted by Gasteiger charge is -2.49. The molecule has 2 N–H and O–H groups in total. The molecule has 1 saturated heterocycles. The average Bonchev–Trinajstić information content (AvgIpc) is 3.25. The van der Waals surface area contributed by atoms with Crippen LogP contribution in [0.1, 0.15) is 57.7 Å². The van der Waals surface area contributed by atoms with Gasteiger partial charge in [0.15, 0.2) is 0 Å². The van der Waals surface area contributed by atoms with E-state index in [2.05, 4.69) is 5.32 Å². The molecule has 0 spiro atoms. The van der Waals surface area contributed by atoms with Gasteiger partial charge in [0.05, 0.1) is 44.2 Å². The number of aliphatic hydroxyl groups is 1. The van der Waals surface area contributed by atoms with Crippen molar-refractivity contribution in [3.63, 3.8) is 0 Å². The number of benzene rings is 2. The first-order chi connectivity index (χ1) is 19.7. The number of carbonyl (C=O) groups is 4. The number of hydrogen-bond acceptors (Lipinski definition) is 7. The van der Waals surface area contributed by atoms with Crippen molar-refractivity contribution in [2.45, 2.75) is 71.1 Å². The van der Waals surface area contributed by atoms with Gasteiger partial charge in [0, 0.05) is 30.2 Å². The summed E-state index contributed by atoms with van der Waals surface area (Å²) in [6, 6.07) is 11.5. The van der Waals surface area contributed by atoms with Gasteiger partial charge in [-0.3, -0.25) is 19.2 Å². The first-order valence-electron chi connectivity index (χ1n) is 14.2. The zero-order valence-electron chi connectivity index (χ0n) is 24.0. The summed E-state index contributed by atoms with van der Waals surface area (Å²) in [5.41, 5.74) is 2.05. The summed E-state index contributed by atoms with van der Waals surface area (Å²) in [6.07, 6.45) is 0.369. The van der Waals surface area contributed by atoms with E-state index in [9.17, 15) is 19.2 Å². The van der Waals surface area contributed by atoms with Crippen LogP contribution >= 0.6 is 0 Å². The summed E-state index contributed by atoms with van der Waals surface area (Å²) in [5, 5.41) is 12.2. The van der Waals surface area contributed by atoms with E-state index in [1.54, 1.807) is 50.8 Å². The highest BCUT2D eigenvalue weighted by molar-refractivity contribution is 6.04. The molecule has 0 saturated carbocycles. The van der Waals surface area contributed by atoms with Crippen LogP contribution < -0.4 is 15.0 Å². The van der Waals surface area contributed by atoms with E-state index >= 15 is 0 Å². The predicted molar refractivity (Wildman–Crippen MR) is 152 cm³/mol. The van der Waals surface area contributed by atoms with Crippen molar-refractivity contribution in [2.24, 2.45) is 5.92 Å². The number of amides is 3. The number of anilines is 1. The third-order valence-corrected chi connectivity index (χ3v) is 7.56. The maximum absolute atomic E-state index is 14.0. The Balaban J connectivity index is 1.80. The maximum atomic E-state index is 14.0. The van der Waals surface area contributed by atoms with Crippen molar-refractivity contribution in [3.8, 4) is 5.75 Å². The van der Waals surface area contributed by atoms with E-state index in [4.69, 9.17) is 14.6 Å². The minimum Gasteiger partial charge on any atom is -0.493 e. The van der Waals surface area contributed by atoms with E-state index < -0.39 is 30.1 Å². The smallest absolute Gasteiger partial charge is 0.307 e. The van der Waals surface area contributed by atoms with Crippen molar-refractivity contribution in [1.82, 2.24) is 10.2 Å². The molecule has 220 valence electrons. The van der Waals surface area contributed by atoms with E-state index in [-0.39, 0.29) is 49.7 Å². The van der Waals surface area contributed by atoms with Crippen LogP contribution in [-0.4, -0.2) is 71.6 Å². The van der Waals surface area contributed by atoms with Gasteiger partial charge in [-0.25, -0.2) is 0 Å². The number of fused-ring (bicyclic) bond motifs is 3. The second-order valence-electron chi connectivity index (χ2n) is 10.7. The van der Waals surface area contributed by atoms with E-state index in [1.807, 2.05) is 30.3 Å². The Morgan fingerprint density at radius 1 is 1.10 bits per heavy atom. The van der Waals surface area contributed by atoms with Gasteiger partial charge in [0.25, 0.3) is 0 Å². The second-order valence-corrected chi connectivity index (χ2v) is 10.7. The first kappa shape index (κ1) is 30.0. The average molecular weight is 566 g/mol. The number of nitrogens with one attached hydrogen (secondary N) is 1. The van der Waals surface area contributed by atoms with Gasteiger partial charge < -0.3 is 29.7 Å². The molecular formula is C31H39N3O7. The first-order valence-corrected chi connectivity index (χ1v) is 14.2. The Morgan fingerprint density at radius 2 is 1.83 bits per heavy atom. The van der Waals surface area contributed by atoms with Crippen molar-refractivity contribution in [3.05, 3.63) is 59.7 Å². The number of rotatable bonds is 11. The summed E-state index contributed by atoms with van der Waals surface area (Å²) in [6.45, 7) is 7.40. The third kappa shape index (κ3) is 6.37. The molecule has 4 atom stereocenters. The molecule has 3 amide bonds. The molecule has 0 aliphatic carbocycles. The largest absolute Gasteiger partial charge is 0.493 e. The molecule has 0 radical (unpaired) electrons. The summed E-state index contributed by atoms with van der Waals surface area (Å²) >= 11 is 0. The fraction of sp³-hybridized carbons (Fsp3) is 0.484. The summed E-state index contributed by atoms with van der Waals surface area (Å²) in [7, 11) is 0. The fourth-order valence-corrected chi connectivity index (χ4v) is 5.63. The van der Waals surface area contributed by atoms with Gasteiger partial charge in [-0.05, 0) is 37.6 Å². The lowest BCUT2D eigenvalue weighted by atomic mass is 9.89. The van der Waals surface area contributed by atoms with Gasteiger partial charge in [-0.2, -0.15) is 0 Å². The van der Waals surface area contributed by atoms with Gasteiger partial charge in [0.2, 0.25) is 17.7 Å². The van der Waals surface area contributed by atoms with Crippen LogP contribution in [0.3, 0.4) is 0 Å². The number of piperazine rings is 1. The van der Waals surface area contributed by atoms with E-state index in [0.29, 0.717) is 30.0 Å². The zero-order valence-corrected chi connectivity index (χ0v) is 24.0. The number of hydrogen-bond donors (Lipinski definition) is 2. The molecule has 2 aliphatic rings. The van der Waals surface area contributed by atoms with Gasteiger partial charge in [0.1, 0.15) is 11.8 Å². The van der Waals surface area contributed by atoms with Crippen LogP contribution in [0.15, 0.2) is 48.5 Å². The quantitative estimate of drug-likeness (QED) is 0.317. The lowest BCUT2D eigenvalue weighted by molar-refractivity contribution is -0.152. The monoisotopic (exact) mass is 565 g/mol. The number of carbonyl (C=O) groups excluding carboxylic acids is 4. The highest BCUT2D eigenvalue weighted by atomic mass is 16.5. The zero-order chi connectivity index (χ0) is 29.7. The SMILES string of the molecule is CCOC(=O)CC1[C@@H]2[C@@H](NC(=O)C(C)C)c3cc(OCCCO)ccc3N2C(=O)[C@H](C)N1C(=O)Cc1ccccc1. The molecule has 2 aromatic carbocycles. The Kier molecular flexibility index (Phi) is 9.65. The Morgan fingerprint density at radius 3 is 2.49 bits per heavy atom. The molecule has 4 rings (SSSR count). The van der Waals surface area contributed by atoms with Crippen molar-refractivity contribution in [1.29, 1.82) is 0 Å². The molecule has 0 bridgehead atoms. The molecule has 10 heteroatoms. The van der Waals surface area contributed by atoms with Gasteiger partial charge in [-0.1, -0.05) is 44.2 Å². The Bertz CT molecular complexity index is 1270. The molecule has 0 aromatic heterocycles. The molecular weight excluding hydrogens is 526 g/mol. The second kappa shape index (κ2) is 13.2. The molecule has 1 unspecified atom stereocenters. The van der Waals surface area contributed by atoms with E-state index in [1.165, 1.54) is 4.90 Å². The number of nitrogens with zero attached hydrogens (tertiary/aromatic N) is 2. The van der Waals surface area contributed by atoms with Crippen molar-refractivity contribution in [2.75, 3.05) is 24.7 Å². The molecule has 1 fully saturated rings. The number of aliphatic hydroxyl groups excluding tert-OH is 1. The lowest BCUT2D eigenvalue weighted by Crippen LogP contribution is -2.69. The van der Waals surface area contributed by atoms with Crippen LogP contribution in [0, 0.1) is 5.92 Å². The molecule has 41 heavy (non-hydrogen) atoms. The summed E-state index contributed by atoms with van der Waals surface area (Å²) in [5.74, 6) is -1.11. The molecule has 2 heterocycles. The number of ether oxygens (including phenoxy) is 2. The Labute approximate surface area is 240 Å². The highest BCUT2D eigenvalue weighted by Gasteiger charge is 2.55. The van der Waals surface area contributed by atoms with Gasteiger partial charge in [-0.15, -0.1) is 0 Å². The number of esters is 1. The normalized spacial score (nSPS) is 21.4. The summed E-state index contributed by atoms with van der Waals surface area (Å²) < 4.78 is 11.1. The summed E-state index contributed by atoms with van der Waals surface area (Å²) in [4.78, 5) is 57.0. The van der Waals surface area contributed by atoms with Crippen molar-refractivity contribution >= 4 is 29.4 Å². The standard InChI is InChI=1S/C31H39N3O7/c1-5-40-27(37)18-25-29-28(32-30(38)19(2)3)23-17-22(41-15-9-14-35)12-13-24(23)34(29)31(39)20(4)33(25)26(36)16-21-10-7-6-8-11-21/h6-8,10-13,17,19-20,25,28-29,35H,5,9,14-16,18H2,1-4H3,(H,32,38)/t20-,25?,28-,29+/m0/s1. The topological polar surface area (TPSA) is 125 Å². The minimum absolute atomic E-state index is 0.0113. The van der Waals surface area contributed by atoms with Gasteiger partial charge >= 0.3 is 5.97 Å². The molecule has 2 aromatic rings. The fourth-order valence-electron chi connectivity index (χ4n) is 5.63.